The molecule has 1 aromatic heterocycles. The Hall–Kier alpha value is -1.41. The zero-order chi connectivity index (χ0) is 16.1. The molecular weight excluding hydrogens is 320 g/mol. The Balaban J connectivity index is 1.99. The Morgan fingerprint density at radius 3 is 2.86 bits per heavy atom. The van der Waals surface area contributed by atoms with Crippen molar-refractivity contribution in [3.63, 3.8) is 0 Å². The molecule has 2 rings (SSSR count). The summed E-state index contributed by atoms with van der Waals surface area (Å²) in [4.78, 5) is 25.6. The van der Waals surface area contributed by atoms with Crippen molar-refractivity contribution in [1.82, 2.24) is 15.5 Å². The average Bonchev–Trinajstić information content (AvgIpc) is 3.24. The van der Waals surface area contributed by atoms with Crippen molar-refractivity contribution < 1.29 is 9.59 Å². The predicted molar refractivity (Wildman–Crippen MR) is 89.2 cm³/mol. The van der Waals surface area contributed by atoms with E-state index < -0.39 is 0 Å². The van der Waals surface area contributed by atoms with Crippen molar-refractivity contribution in [2.75, 3.05) is 11.4 Å². The maximum atomic E-state index is 12.0. The van der Waals surface area contributed by atoms with E-state index in [-0.39, 0.29) is 23.1 Å². The molecule has 22 heavy (non-hydrogen) atoms. The van der Waals surface area contributed by atoms with Gasteiger partial charge in [0.15, 0.2) is 4.34 Å². The monoisotopic (exact) mass is 340 g/mol. The van der Waals surface area contributed by atoms with Crippen LogP contribution in [0.1, 0.15) is 33.1 Å². The molecule has 0 radical (unpaired) electrons. The highest BCUT2D eigenvalue weighted by atomic mass is 32.2. The SMILES string of the molecule is C=CCNC(=O)[C@H](C)Sc1nnc(N(C(=O)CC)C2CC2)s1. The quantitative estimate of drug-likeness (QED) is 0.446. The molecule has 1 N–H and O–H groups in total. The molecule has 1 saturated carbocycles. The van der Waals surface area contributed by atoms with Gasteiger partial charge in [-0.25, -0.2) is 0 Å². The van der Waals surface area contributed by atoms with Crippen LogP contribution in [0.2, 0.25) is 0 Å². The smallest absolute Gasteiger partial charge is 0.233 e. The molecule has 8 heteroatoms. The van der Waals surface area contributed by atoms with Gasteiger partial charge in [0.1, 0.15) is 0 Å². The Kier molecular flexibility index (Phi) is 5.96. The van der Waals surface area contributed by atoms with E-state index in [0.29, 0.717) is 22.4 Å². The van der Waals surface area contributed by atoms with Crippen LogP contribution in [0.4, 0.5) is 5.13 Å². The van der Waals surface area contributed by atoms with Gasteiger partial charge in [0.05, 0.1) is 5.25 Å². The van der Waals surface area contributed by atoms with Gasteiger partial charge in [-0.1, -0.05) is 36.1 Å². The van der Waals surface area contributed by atoms with Crippen LogP contribution in [0.5, 0.6) is 0 Å². The van der Waals surface area contributed by atoms with E-state index in [4.69, 9.17) is 0 Å². The highest BCUT2D eigenvalue weighted by Gasteiger charge is 2.35. The number of anilines is 1. The lowest BCUT2D eigenvalue weighted by atomic mass is 10.4. The number of hydrogen-bond donors (Lipinski definition) is 1. The standard InChI is InChI=1S/C14H20N4O2S2/c1-4-8-15-12(20)9(3)21-14-17-16-13(22-14)18(10-6-7-10)11(19)5-2/h4,9-10H,1,5-8H2,2-3H3,(H,15,20)/t9-/m0/s1. The van der Waals surface area contributed by atoms with Crippen molar-refractivity contribution >= 4 is 40.0 Å². The van der Waals surface area contributed by atoms with Crippen LogP contribution < -0.4 is 10.2 Å². The van der Waals surface area contributed by atoms with E-state index in [9.17, 15) is 9.59 Å². The lowest BCUT2D eigenvalue weighted by molar-refractivity contribution is -0.120. The first kappa shape index (κ1) is 17.0. The van der Waals surface area contributed by atoms with Gasteiger partial charge < -0.3 is 5.32 Å². The van der Waals surface area contributed by atoms with Crippen LogP contribution in [0.25, 0.3) is 0 Å². The van der Waals surface area contributed by atoms with E-state index in [1.807, 2.05) is 13.8 Å². The van der Waals surface area contributed by atoms with Crippen molar-refractivity contribution in [3.8, 4) is 0 Å². The Morgan fingerprint density at radius 1 is 1.55 bits per heavy atom. The van der Waals surface area contributed by atoms with Crippen LogP contribution in [0, 0.1) is 0 Å². The number of aromatic nitrogens is 2. The Labute approximate surface area is 138 Å². The highest BCUT2D eigenvalue weighted by molar-refractivity contribution is 8.02. The van der Waals surface area contributed by atoms with Gasteiger partial charge >= 0.3 is 0 Å². The summed E-state index contributed by atoms with van der Waals surface area (Å²) >= 11 is 2.72. The minimum atomic E-state index is -0.267. The summed E-state index contributed by atoms with van der Waals surface area (Å²) in [5, 5.41) is 11.3. The summed E-state index contributed by atoms with van der Waals surface area (Å²) in [5.41, 5.74) is 0. The molecule has 0 aromatic carbocycles. The normalized spacial score (nSPS) is 15.2. The zero-order valence-corrected chi connectivity index (χ0v) is 14.4. The van der Waals surface area contributed by atoms with E-state index in [1.165, 1.54) is 23.1 Å². The van der Waals surface area contributed by atoms with Crippen molar-refractivity contribution in [3.05, 3.63) is 12.7 Å². The lowest BCUT2D eigenvalue weighted by Gasteiger charge is -2.17. The first-order valence-corrected chi connectivity index (χ1v) is 8.97. The van der Waals surface area contributed by atoms with E-state index in [0.717, 1.165) is 12.8 Å². The molecule has 0 bridgehead atoms. The molecule has 1 atom stereocenters. The number of amides is 2. The maximum absolute atomic E-state index is 12.0. The summed E-state index contributed by atoms with van der Waals surface area (Å²) in [7, 11) is 0. The van der Waals surface area contributed by atoms with Gasteiger partial charge in [0.25, 0.3) is 0 Å². The van der Waals surface area contributed by atoms with E-state index in [2.05, 4.69) is 22.1 Å². The van der Waals surface area contributed by atoms with E-state index in [1.54, 1.807) is 11.0 Å². The molecule has 1 aromatic rings. The second kappa shape index (κ2) is 7.73. The van der Waals surface area contributed by atoms with E-state index >= 15 is 0 Å². The molecule has 0 aliphatic heterocycles. The number of hydrogen-bond acceptors (Lipinski definition) is 6. The Morgan fingerprint density at radius 2 is 2.27 bits per heavy atom. The largest absolute Gasteiger partial charge is 0.352 e. The number of carbonyl (C=O) groups is 2. The molecule has 0 unspecified atom stereocenters. The summed E-state index contributed by atoms with van der Waals surface area (Å²) < 4.78 is 0.700. The molecule has 6 nitrogen and oxygen atoms in total. The van der Waals surface area contributed by atoms with Crippen LogP contribution in [0.15, 0.2) is 17.0 Å². The number of thioether (sulfide) groups is 1. The van der Waals surface area contributed by atoms with Gasteiger partial charge in [-0.2, -0.15) is 0 Å². The molecule has 0 spiro atoms. The van der Waals surface area contributed by atoms with Gasteiger partial charge in [0.2, 0.25) is 16.9 Å². The number of nitrogens with one attached hydrogen (secondary N) is 1. The van der Waals surface area contributed by atoms with Gasteiger partial charge in [-0.05, 0) is 19.8 Å². The van der Waals surface area contributed by atoms with Crippen LogP contribution >= 0.6 is 23.1 Å². The molecular formula is C14H20N4O2S2. The fourth-order valence-corrected chi connectivity index (χ4v) is 3.94. The second-order valence-corrected chi connectivity index (χ2v) is 7.54. The Bertz CT molecular complexity index is 557. The fraction of sp³-hybridized carbons (Fsp3) is 0.571. The fourth-order valence-electron chi connectivity index (χ4n) is 1.84. The predicted octanol–water partition coefficient (Wildman–Crippen LogP) is 2.23. The minimum absolute atomic E-state index is 0.0645. The topological polar surface area (TPSA) is 75.2 Å². The minimum Gasteiger partial charge on any atom is -0.352 e. The van der Waals surface area contributed by atoms with Crippen LogP contribution in [-0.4, -0.2) is 39.8 Å². The van der Waals surface area contributed by atoms with Crippen molar-refractivity contribution in [1.29, 1.82) is 0 Å². The number of carbonyl (C=O) groups excluding carboxylic acids is 2. The third kappa shape index (κ3) is 4.30. The summed E-state index contributed by atoms with van der Waals surface area (Å²) in [6, 6.07) is 0.270. The number of rotatable bonds is 8. The van der Waals surface area contributed by atoms with Crippen molar-refractivity contribution in [2.45, 2.75) is 48.7 Å². The average molecular weight is 340 g/mol. The zero-order valence-electron chi connectivity index (χ0n) is 12.7. The third-order valence-electron chi connectivity index (χ3n) is 3.15. The van der Waals surface area contributed by atoms with Crippen LogP contribution in [0.3, 0.4) is 0 Å². The first-order valence-electron chi connectivity index (χ1n) is 7.27. The first-order chi connectivity index (χ1) is 10.6. The molecule has 1 aliphatic carbocycles. The molecule has 120 valence electrons. The molecule has 1 heterocycles. The summed E-state index contributed by atoms with van der Waals surface area (Å²) in [5.74, 6) is 0.0114. The second-order valence-electron chi connectivity index (χ2n) is 4.99. The third-order valence-corrected chi connectivity index (χ3v) is 5.26. The molecule has 1 aliphatic rings. The van der Waals surface area contributed by atoms with Gasteiger partial charge in [-0.15, -0.1) is 16.8 Å². The van der Waals surface area contributed by atoms with Crippen LogP contribution in [-0.2, 0) is 9.59 Å². The lowest BCUT2D eigenvalue weighted by Crippen LogP contribution is -2.32. The van der Waals surface area contributed by atoms with Crippen molar-refractivity contribution in [2.24, 2.45) is 0 Å². The molecule has 2 amide bonds. The van der Waals surface area contributed by atoms with Gasteiger partial charge in [0, 0.05) is 19.0 Å². The van der Waals surface area contributed by atoms with Gasteiger partial charge in [-0.3, -0.25) is 14.5 Å². The highest BCUT2D eigenvalue weighted by Crippen LogP contribution is 2.37. The molecule has 0 saturated heterocycles. The summed E-state index contributed by atoms with van der Waals surface area (Å²) in [6.45, 7) is 7.68. The molecule has 1 fully saturated rings. The number of nitrogens with zero attached hydrogens (tertiary/aromatic N) is 3. The maximum Gasteiger partial charge on any atom is 0.233 e. The summed E-state index contributed by atoms with van der Waals surface area (Å²) in [6.07, 6.45) is 4.14.